The van der Waals surface area contributed by atoms with Crippen molar-refractivity contribution in [2.75, 3.05) is 6.54 Å². The van der Waals surface area contributed by atoms with E-state index < -0.39 is 18.0 Å². The van der Waals surface area contributed by atoms with Gasteiger partial charge in [0.1, 0.15) is 12.7 Å². The van der Waals surface area contributed by atoms with Crippen molar-refractivity contribution in [3.8, 4) is 0 Å². The molecule has 0 saturated carbocycles. The molecule has 5 nitrogen and oxygen atoms in total. The molecule has 17 heavy (non-hydrogen) atoms. The summed E-state index contributed by atoms with van der Waals surface area (Å²) in [6, 6.07) is 9.22. The number of carbonyl (C=O) groups excluding carboxylic acids is 2. The smallest absolute Gasteiger partial charge is 0.407 e. The predicted molar refractivity (Wildman–Crippen MR) is 61.3 cm³/mol. The topological polar surface area (TPSA) is 75.6 Å². The summed E-state index contributed by atoms with van der Waals surface area (Å²) < 4.78 is 4.89. The Morgan fingerprint density at radius 2 is 2.00 bits per heavy atom. The summed E-state index contributed by atoms with van der Waals surface area (Å²) in [7, 11) is 0. The fraction of sp³-hybridized carbons (Fsp3) is 0.333. The second-order valence-electron chi connectivity index (χ2n) is 3.57. The molecule has 0 spiro atoms. The highest BCUT2D eigenvalue weighted by atomic mass is 16.5. The lowest BCUT2D eigenvalue weighted by Crippen LogP contribution is -2.35. The minimum Gasteiger partial charge on any atom is -0.445 e. The number of hydrogen-bond acceptors (Lipinski definition) is 4. The number of aliphatic hydroxyl groups excluding tert-OH is 1. The predicted octanol–water partition coefficient (Wildman–Crippen LogP) is 0.863. The molecular formula is C12H15NO4. The second kappa shape index (κ2) is 6.65. The fourth-order valence-electron chi connectivity index (χ4n) is 1.10. The van der Waals surface area contributed by atoms with E-state index in [4.69, 9.17) is 9.84 Å². The number of ketones is 1. The van der Waals surface area contributed by atoms with Gasteiger partial charge in [-0.1, -0.05) is 30.3 Å². The molecule has 0 bridgehead atoms. The molecule has 0 aliphatic rings. The molecule has 0 radical (unpaired) electrons. The van der Waals surface area contributed by atoms with E-state index in [1.807, 2.05) is 30.3 Å². The molecule has 0 aromatic heterocycles. The van der Waals surface area contributed by atoms with Gasteiger partial charge in [-0.15, -0.1) is 0 Å². The standard InChI is InChI=1S/C12H15NO4/c1-9(14)11(15)7-13-12(16)17-8-10-5-3-2-4-6-10/h2-6,11,15H,7-8H2,1H3,(H,13,16)/t11-/m0/s1. The lowest BCUT2D eigenvalue weighted by molar-refractivity contribution is -0.124. The molecule has 2 N–H and O–H groups in total. The molecule has 0 unspecified atom stereocenters. The highest BCUT2D eigenvalue weighted by Crippen LogP contribution is 2.00. The first kappa shape index (κ1) is 13.2. The van der Waals surface area contributed by atoms with Gasteiger partial charge < -0.3 is 15.2 Å². The summed E-state index contributed by atoms with van der Waals surface area (Å²) in [5.74, 6) is -0.395. The van der Waals surface area contributed by atoms with Gasteiger partial charge in [-0.25, -0.2) is 4.79 Å². The molecule has 0 heterocycles. The monoisotopic (exact) mass is 237 g/mol. The number of amides is 1. The molecule has 92 valence electrons. The van der Waals surface area contributed by atoms with Crippen LogP contribution in [0.25, 0.3) is 0 Å². The van der Waals surface area contributed by atoms with Crippen molar-refractivity contribution in [2.45, 2.75) is 19.6 Å². The van der Waals surface area contributed by atoms with Crippen molar-refractivity contribution in [1.29, 1.82) is 0 Å². The quantitative estimate of drug-likeness (QED) is 0.796. The van der Waals surface area contributed by atoms with Crippen LogP contribution < -0.4 is 5.32 Å². The molecule has 1 rings (SSSR count). The lowest BCUT2D eigenvalue weighted by Gasteiger charge is -2.09. The number of nitrogens with one attached hydrogen (secondary N) is 1. The first-order valence-electron chi connectivity index (χ1n) is 5.22. The zero-order valence-electron chi connectivity index (χ0n) is 9.55. The van der Waals surface area contributed by atoms with Crippen LogP contribution in [0.5, 0.6) is 0 Å². The van der Waals surface area contributed by atoms with E-state index in [-0.39, 0.29) is 13.2 Å². The number of aliphatic hydroxyl groups is 1. The molecule has 0 fully saturated rings. The Hall–Kier alpha value is -1.88. The van der Waals surface area contributed by atoms with E-state index in [1.54, 1.807) is 0 Å². The van der Waals surface area contributed by atoms with Crippen molar-refractivity contribution in [3.05, 3.63) is 35.9 Å². The summed E-state index contributed by atoms with van der Waals surface area (Å²) in [6.45, 7) is 1.27. The summed E-state index contributed by atoms with van der Waals surface area (Å²) in [4.78, 5) is 21.9. The van der Waals surface area contributed by atoms with E-state index in [9.17, 15) is 9.59 Å². The zero-order chi connectivity index (χ0) is 12.7. The van der Waals surface area contributed by atoms with Gasteiger partial charge in [-0.05, 0) is 12.5 Å². The number of Topliss-reactive ketones (excluding diaryl/α,β-unsaturated/α-hetero) is 1. The molecule has 1 aromatic carbocycles. The number of alkyl carbamates (subject to hydrolysis) is 1. The zero-order valence-corrected chi connectivity index (χ0v) is 9.55. The summed E-state index contributed by atoms with van der Waals surface area (Å²) >= 11 is 0. The van der Waals surface area contributed by atoms with Crippen molar-refractivity contribution >= 4 is 11.9 Å². The van der Waals surface area contributed by atoms with Crippen molar-refractivity contribution in [1.82, 2.24) is 5.32 Å². The first-order chi connectivity index (χ1) is 8.09. The van der Waals surface area contributed by atoms with Gasteiger partial charge in [0, 0.05) is 0 Å². The molecule has 0 aliphatic heterocycles. The Kier molecular flexibility index (Phi) is 5.16. The molecule has 1 atom stereocenters. The third kappa shape index (κ3) is 5.12. The maximum Gasteiger partial charge on any atom is 0.407 e. The Bertz CT molecular complexity index is 377. The average molecular weight is 237 g/mol. The number of carbonyl (C=O) groups is 2. The Balaban J connectivity index is 2.24. The maximum atomic E-state index is 11.2. The second-order valence-corrected chi connectivity index (χ2v) is 3.57. The summed E-state index contributed by atoms with van der Waals surface area (Å²) in [5.41, 5.74) is 0.870. The van der Waals surface area contributed by atoms with Crippen LogP contribution in [-0.4, -0.2) is 29.6 Å². The fourth-order valence-corrected chi connectivity index (χ4v) is 1.10. The molecule has 1 amide bonds. The minimum atomic E-state index is -1.18. The molecule has 0 saturated heterocycles. The first-order valence-corrected chi connectivity index (χ1v) is 5.22. The van der Waals surface area contributed by atoms with E-state index in [2.05, 4.69) is 5.32 Å². The van der Waals surface area contributed by atoms with Crippen LogP contribution in [0.1, 0.15) is 12.5 Å². The van der Waals surface area contributed by atoms with Crippen LogP contribution >= 0.6 is 0 Å². The Morgan fingerprint density at radius 1 is 1.35 bits per heavy atom. The molecule has 5 heteroatoms. The third-order valence-electron chi connectivity index (χ3n) is 2.12. The van der Waals surface area contributed by atoms with E-state index in [1.165, 1.54) is 6.92 Å². The van der Waals surface area contributed by atoms with Gasteiger partial charge >= 0.3 is 6.09 Å². The van der Waals surface area contributed by atoms with Crippen molar-refractivity contribution in [2.24, 2.45) is 0 Å². The largest absolute Gasteiger partial charge is 0.445 e. The number of ether oxygens (including phenoxy) is 1. The van der Waals surface area contributed by atoms with Gasteiger partial charge in [-0.2, -0.15) is 0 Å². The normalized spacial score (nSPS) is 11.6. The van der Waals surface area contributed by atoms with Crippen LogP contribution in [0.3, 0.4) is 0 Å². The van der Waals surface area contributed by atoms with Crippen molar-refractivity contribution in [3.63, 3.8) is 0 Å². The third-order valence-corrected chi connectivity index (χ3v) is 2.12. The van der Waals surface area contributed by atoms with E-state index >= 15 is 0 Å². The van der Waals surface area contributed by atoms with Crippen molar-refractivity contribution < 1.29 is 19.4 Å². The number of benzene rings is 1. The summed E-state index contributed by atoms with van der Waals surface area (Å²) in [6.07, 6.45) is -1.84. The molecule has 0 aliphatic carbocycles. The maximum absolute atomic E-state index is 11.2. The molecule has 1 aromatic rings. The van der Waals surface area contributed by atoms with Gasteiger partial charge in [0.25, 0.3) is 0 Å². The van der Waals surface area contributed by atoms with Crippen LogP contribution in [-0.2, 0) is 16.1 Å². The van der Waals surface area contributed by atoms with Gasteiger partial charge in [0.2, 0.25) is 0 Å². The lowest BCUT2D eigenvalue weighted by atomic mass is 10.2. The SMILES string of the molecule is CC(=O)[C@@H](O)CNC(=O)OCc1ccccc1. The van der Waals surface area contributed by atoms with E-state index in [0.29, 0.717) is 0 Å². The highest BCUT2D eigenvalue weighted by Gasteiger charge is 2.11. The van der Waals surface area contributed by atoms with Crippen LogP contribution in [0, 0.1) is 0 Å². The van der Waals surface area contributed by atoms with Crippen LogP contribution in [0.2, 0.25) is 0 Å². The highest BCUT2D eigenvalue weighted by molar-refractivity contribution is 5.81. The van der Waals surface area contributed by atoms with E-state index in [0.717, 1.165) is 5.56 Å². The van der Waals surface area contributed by atoms with Gasteiger partial charge in [-0.3, -0.25) is 4.79 Å². The van der Waals surface area contributed by atoms with Crippen LogP contribution in [0.4, 0.5) is 4.79 Å². The number of hydrogen-bond donors (Lipinski definition) is 2. The Labute approximate surface area is 99.4 Å². The molecular weight excluding hydrogens is 222 g/mol. The average Bonchev–Trinajstić information content (AvgIpc) is 2.34. The van der Waals surface area contributed by atoms with Gasteiger partial charge in [0.05, 0.1) is 6.54 Å². The minimum absolute atomic E-state index is 0.136. The van der Waals surface area contributed by atoms with Gasteiger partial charge in [0.15, 0.2) is 5.78 Å². The number of rotatable bonds is 5. The summed E-state index contributed by atoms with van der Waals surface area (Å²) in [5, 5.41) is 11.4. The Morgan fingerprint density at radius 3 is 2.59 bits per heavy atom. The van der Waals surface area contributed by atoms with Crippen LogP contribution in [0.15, 0.2) is 30.3 Å².